The number of benzene rings is 1. The van der Waals surface area contributed by atoms with Gasteiger partial charge in [-0.3, -0.25) is 4.90 Å². The molecular formula is C21H26FN3OS. The molecule has 144 valence electrons. The molecule has 2 bridgehead atoms. The van der Waals surface area contributed by atoms with Crippen LogP contribution in [0.3, 0.4) is 0 Å². The summed E-state index contributed by atoms with van der Waals surface area (Å²) in [6, 6.07) is 12.3. The summed E-state index contributed by atoms with van der Waals surface area (Å²) in [6.07, 6.45) is 7.61. The minimum absolute atomic E-state index is 0.169. The van der Waals surface area contributed by atoms with E-state index in [1.807, 2.05) is 24.3 Å². The number of nitrogens with one attached hydrogen (secondary N) is 2. The van der Waals surface area contributed by atoms with Crippen LogP contribution in [0.25, 0.3) is 0 Å². The van der Waals surface area contributed by atoms with Crippen molar-refractivity contribution in [3.05, 3.63) is 59.8 Å². The molecule has 0 radical (unpaired) electrons. The third kappa shape index (κ3) is 4.68. The van der Waals surface area contributed by atoms with Gasteiger partial charge in [-0.15, -0.1) is 0 Å². The molecule has 0 spiro atoms. The molecule has 2 N–H and O–H groups in total. The second-order valence-corrected chi connectivity index (χ2v) is 8.02. The van der Waals surface area contributed by atoms with Crippen molar-refractivity contribution in [3.8, 4) is 0 Å². The summed E-state index contributed by atoms with van der Waals surface area (Å²) in [6.45, 7) is 1.51. The van der Waals surface area contributed by atoms with E-state index in [9.17, 15) is 4.39 Å². The van der Waals surface area contributed by atoms with Crippen LogP contribution in [0.15, 0.2) is 47.1 Å². The van der Waals surface area contributed by atoms with Crippen LogP contribution in [0.4, 0.5) is 4.39 Å². The van der Waals surface area contributed by atoms with Crippen molar-refractivity contribution in [1.82, 2.24) is 15.5 Å². The van der Waals surface area contributed by atoms with Crippen molar-refractivity contribution in [2.24, 2.45) is 0 Å². The monoisotopic (exact) mass is 387 g/mol. The Hall–Kier alpha value is -1.92. The molecule has 6 heteroatoms. The van der Waals surface area contributed by atoms with Crippen molar-refractivity contribution >= 4 is 17.3 Å². The molecule has 2 atom stereocenters. The molecule has 1 aromatic carbocycles. The molecule has 3 heterocycles. The summed E-state index contributed by atoms with van der Waals surface area (Å²) >= 11 is 5.47. The van der Waals surface area contributed by atoms with Gasteiger partial charge < -0.3 is 15.1 Å². The average molecular weight is 388 g/mol. The second-order valence-electron chi connectivity index (χ2n) is 7.61. The topological polar surface area (TPSA) is 40.4 Å². The molecule has 0 saturated carbocycles. The minimum atomic E-state index is -0.169. The molecule has 2 saturated heterocycles. The number of hydrogen-bond donors (Lipinski definition) is 2. The van der Waals surface area contributed by atoms with Gasteiger partial charge in [0, 0.05) is 24.7 Å². The van der Waals surface area contributed by atoms with E-state index < -0.39 is 0 Å². The maximum Gasteiger partial charge on any atom is 0.166 e. The van der Waals surface area contributed by atoms with E-state index in [1.165, 1.54) is 24.8 Å². The number of thiocarbonyl (C=S) groups is 1. The maximum absolute atomic E-state index is 13.2. The highest BCUT2D eigenvalue weighted by atomic mass is 32.1. The Morgan fingerprint density at radius 1 is 1.15 bits per heavy atom. The normalized spacial score (nSPS) is 25.1. The van der Waals surface area contributed by atoms with Crippen LogP contribution in [-0.4, -0.2) is 28.1 Å². The average Bonchev–Trinajstić information content (AvgIpc) is 3.16. The summed E-state index contributed by atoms with van der Waals surface area (Å²) in [5.41, 5.74) is 1.19. The number of hydrogen-bond acceptors (Lipinski definition) is 3. The van der Waals surface area contributed by atoms with Crippen LogP contribution in [-0.2, 0) is 13.1 Å². The smallest absolute Gasteiger partial charge is 0.166 e. The van der Waals surface area contributed by atoms with Crippen LogP contribution in [0.1, 0.15) is 43.4 Å². The van der Waals surface area contributed by atoms with Crippen LogP contribution >= 0.6 is 12.2 Å². The van der Waals surface area contributed by atoms with E-state index >= 15 is 0 Å². The highest BCUT2D eigenvalue weighted by Crippen LogP contribution is 2.35. The quantitative estimate of drug-likeness (QED) is 0.760. The molecule has 1 aromatic heterocycles. The Morgan fingerprint density at radius 2 is 1.89 bits per heavy atom. The van der Waals surface area contributed by atoms with Crippen LogP contribution < -0.4 is 10.6 Å². The van der Waals surface area contributed by atoms with Crippen molar-refractivity contribution in [2.45, 2.75) is 63.3 Å². The van der Waals surface area contributed by atoms with Gasteiger partial charge in [-0.05, 0) is 67.7 Å². The lowest BCUT2D eigenvalue weighted by atomic mass is 9.81. The zero-order valence-corrected chi connectivity index (χ0v) is 16.2. The number of piperidine rings is 2. The van der Waals surface area contributed by atoms with Gasteiger partial charge in [0.05, 0.1) is 12.8 Å². The molecule has 2 aliphatic heterocycles. The van der Waals surface area contributed by atoms with E-state index in [2.05, 4.69) is 15.5 Å². The fourth-order valence-corrected chi connectivity index (χ4v) is 4.71. The summed E-state index contributed by atoms with van der Waals surface area (Å²) in [7, 11) is 0. The Kier molecular flexibility index (Phi) is 5.74. The first-order chi connectivity index (χ1) is 13.2. The zero-order chi connectivity index (χ0) is 18.6. The number of fused-ring (bicyclic) bond motifs is 2. The first-order valence-corrected chi connectivity index (χ1v) is 10.1. The van der Waals surface area contributed by atoms with Gasteiger partial charge in [-0.2, -0.15) is 0 Å². The lowest BCUT2D eigenvalue weighted by Gasteiger charge is -2.49. The molecule has 27 heavy (non-hydrogen) atoms. The second kappa shape index (κ2) is 8.40. The number of halogens is 1. The SMILES string of the molecule is Fc1ccc(CN2[C@@H]3CCC[C@@H]2CC(NC(=S)NCc2ccco2)C3)cc1. The Labute approximate surface area is 165 Å². The van der Waals surface area contributed by atoms with E-state index in [0.29, 0.717) is 29.8 Å². The van der Waals surface area contributed by atoms with Crippen molar-refractivity contribution in [2.75, 3.05) is 0 Å². The van der Waals surface area contributed by atoms with Gasteiger partial charge in [0.2, 0.25) is 0 Å². The van der Waals surface area contributed by atoms with Gasteiger partial charge in [0.1, 0.15) is 11.6 Å². The largest absolute Gasteiger partial charge is 0.467 e. The first-order valence-electron chi connectivity index (χ1n) is 9.74. The zero-order valence-electron chi connectivity index (χ0n) is 15.4. The Morgan fingerprint density at radius 3 is 2.56 bits per heavy atom. The predicted octanol–water partition coefficient (Wildman–Crippen LogP) is 3.97. The van der Waals surface area contributed by atoms with Crippen LogP contribution in [0.2, 0.25) is 0 Å². The van der Waals surface area contributed by atoms with Crippen molar-refractivity contribution in [3.63, 3.8) is 0 Å². The summed E-state index contributed by atoms with van der Waals surface area (Å²) in [5, 5.41) is 7.43. The number of rotatable bonds is 5. The van der Waals surface area contributed by atoms with Gasteiger partial charge in [-0.1, -0.05) is 18.6 Å². The van der Waals surface area contributed by atoms with Gasteiger partial charge in [-0.25, -0.2) is 4.39 Å². The Bertz CT molecular complexity index is 735. The molecule has 0 unspecified atom stereocenters. The standard InChI is InChI=1S/C21H26FN3OS/c22-16-8-6-15(7-9-16)14-25-18-3-1-4-19(25)12-17(11-18)24-21(27)23-13-20-5-2-10-26-20/h2,5-10,17-19H,1,3-4,11-14H2,(H2,23,24,27)/t18-,19-/m1/s1. The first kappa shape index (κ1) is 18.4. The van der Waals surface area contributed by atoms with E-state index in [-0.39, 0.29) is 5.82 Å². The van der Waals surface area contributed by atoms with E-state index in [1.54, 1.807) is 18.4 Å². The number of furan rings is 1. The van der Waals surface area contributed by atoms with Crippen LogP contribution in [0, 0.1) is 5.82 Å². The molecule has 2 fully saturated rings. The summed E-state index contributed by atoms with van der Waals surface area (Å²) in [5.74, 6) is 0.711. The van der Waals surface area contributed by atoms with Gasteiger partial charge in [0.15, 0.2) is 5.11 Å². The molecule has 0 aliphatic carbocycles. The molecule has 4 nitrogen and oxygen atoms in total. The molecule has 4 rings (SSSR count). The van der Waals surface area contributed by atoms with Crippen molar-refractivity contribution in [1.29, 1.82) is 0 Å². The van der Waals surface area contributed by atoms with E-state index in [0.717, 1.165) is 25.1 Å². The van der Waals surface area contributed by atoms with Gasteiger partial charge in [0.25, 0.3) is 0 Å². The molecule has 2 aliphatic rings. The lowest BCUT2D eigenvalue weighted by Crippen LogP contribution is -2.57. The molecule has 0 amide bonds. The van der Waals surface area contributed by atoms with Gasteiger partial charge >= 0.3 is 0 Å². The summed E-state index contributed by atoms with van der Waals surface area (Å²) in [4.78, 5) is 2.62. The molecule has 2 aromatic rings. The third-order valence-electron chi connectivity index (χ3n) is 5.74. The minimum Gasteiger partial charge on any atom is -0.467 e. The maximum atomic E-state index is 13.2. The van der Waals surface area contributed by atoms with E-state index in [4.69, 9.17) is 16.6 Å². The summed E-state index contributed by atoms with van der Waals surface area (Å²) < 4.78 is 18.5. The highest BCUT2D eigenvalue weighted by Gasteiger charge is 2.38. The predicted molar refractivity (Wildman–Crippen MR) is 108 cm³/mol. The fraction of sp³-hybridized carbons (Fsp3) is 0.476. The highest BCUT2D eigenvalue weighted by molar-refractivity contribution is 7.80. The third-order valence-corrected chi connectivity index (χ3v) is 6.01. The lowest BCUT2D eigenvalue weighted by molar-refractivity contribution is 0.0210. The fourth-order valence-electron chi connectivity index (χ4n) is 4.47. The Balaban J connectivity index is 1.32. The van der Waals surface area contributed by atoms with Crippen LogP contribution in [0.5, 0.6) is 0 Å². The molecular weight excluding hydrogens is 361 g/mol. The van der Waals surface area contributed by atoms with Crippen molar-refractivity contribution < 1.29 is 8.81 Å². The number of nitrogens with zero attached hydrogens (tertiary/aromatic N) is 1.